The quantitative estimate of drug-likeness (QED) is 0.308. The number of amides is 2. The van der Waals surface area contributed by atoms with Gasteiger partial charge in [0.05, 0.1) is 10.6 Å². The van der Waals surface area contributed by atoms with Crippen LogP contribution in [0.15, 0.2) is 71.6 Å². The molecule has 3 rings (SSSR count). The molecule has 3 aromatic rings. The smallest absolute Gasteiger partial charge is 0.264 e. The first-order valence-corrected chi connectivity index (χ1v) is 14.8. The fourth-order valence-corrected chi connectivity index (χ4v) is 6.34. The van der Waals surface area contributed by atoms with Gasteiger partial charge in [0.25, 0.3) is 10.0 Å². The first-order chi connectivity index (χ1) is 18.5. The van der Waals surface area contributed by atoms with Crippen molar-refractivity contribution in [2.24, 2.45) is 0 Å². The highest BCUT2D eigenvalue weighted by Gasteiger charge is 2.34. The Hall–Kier alpha value is -3.07. The van der Waals surface area contributed by atoms with Crippen molar-refractivity contribution >= 4 is 50.7 Å². The summed E-state index contributed by atoms with van der Waals surface area (Å²) in [6, 6.07) is 17.4. The SMILES string of the molecule is CCNC(=O)C(CC)N(Cc1c(Cl)cccc1Cl)C(=O)CN(c1cc(C)cc(C)c1)S(=O)(=O)c1ccccc1. The Labute approximate surface area is 240 Å². The number of anilines is 1. The second-order valence-electron chi connectivity index (χ2n) is 9.21. The molecule has 0 aromatic heterocycles. The number of likely N-dealkylation sites (N-methyl/N-ethyl adjacent to an activating group) is 1. The Bertz CT molecular complexity index is 1390. The van der Waals surface area contributed by atoms with Gasteiger partial charge in [-0.2, -0.15) is 0 Å². The number of halogens is 2. The number of hydrogen-bond donors (Lipinski definition) is 1. The molecular formula is C29H33Cl2N3O4S. The summed E-state index contributed by atoms with van der Waals surface area (Å²) in [5.74, 6) is -0.914. The Balaban J connectivity index is 2.12. The minimum absolute atomic E-state index is 0.0495. The fraction of sp³-hybridized carbons (Fsp3) is 0.310. The van der Waals surface area contributed by atoms with E-state index >= 15 is 0 Å². The third kappa shape index (κ3) is 7.32. The summed E-state index contributed by atoms with van der Waals surface area (Å²) >= 11 is 12.9. The van der Waals surface area contributed by atoms with Crippen LogP contribution in [0.3, 0.4) is 0 Å². The van der Waals surface area contributed by atoms with Crippen LogP contribution in [0.5, 0.6) is 0 Å². The van der Waals surface area contributed by atoms with Crippen molar-refractivity contribution in [2.75, 3.05) is 17.4 Å². The van der Waals surface area contributed by atoms with Crippen LogP contribution < -0.4 is 9.62 Å². The van der Waals surface area contributed by atoms with E-state index in [4.69, 9.17) is 23.2 Å². The van der Waals surface area contributed by atoms with Crippen LogP contribution in [-0.4, -0.2) is 44.3 Å². The van der Waals surface area contributed by atoms with Crippen molar-refractivity contribution in [1.29, 1.82) is 0 Å². The van der Waals surface area contributed by atoms with Crippen molar-refractivity contribution in [2.45, 2.75) is 51.6 Å². The first-order valence-electron chi connectivity index (χ1n) is 12.7. The molecule has 0 radical (unpaired) electrons. The molecule has 0 saturated heterocycles. The molecule has 7 nitrogen and oxygen atoms in total. The second kappa shape index (κ2) is 13.3. The summed E-state index contributed by atoms with van der Waals surface area (Å²) in [5, 5.41) is 3.46. The topological polar surface area (TPSA) is 86.8 Å². The maximum Gasteiger partial charge on any atom is 0.264 e. The number of nitrogens with zero attached hydrogens (tertiary/aromatic N) is 2. The fourth-order valence-electron chi connectivity index (χ4n) is 4.41. The van der Waals surface area contributed by atoms with E-state index in [1.165, 1.54) is 17.0 Å². The molecule has 0 aliphatic carbocycles. The van der Waals surface area contributed by atoms with Crippen LogP contribution in [0.4, 0.5) is 5.69 Å². The number of nitrogens with one attached hydrogen (secondary N) is 1. The lowest BCUT2D eigenvalue weighted by atomic mass is 10.1. The first kappa shape index (κ1) is 30.5. The summed E-state index contributed by atoms with van der Waals surface area (Å²) in [5.41, 5.74) is 2.52. The van der Waals surface area contributed by atoms with Gasteiger partial charge in [-0.25, -0.2) is 8.42 Å². The summed E-state index contributed by atoms with van der Waals surface area (Å²) in [6.07, 6.45) is 0.300. The number of aryl methyl sites for hydroxylation is 2. The van der Waals surface area contributed by atoms with Crippen LogP contribution >= 0.6 is 23.2 Å². The van der Waals surface area contributed by atoms with Crippen LogP contribution in [0.25, 0.3) is 0 Å². The Morgan fingerprint density at radius 1 is 0.897 bits per heavy atom. The highest BCUT2D eigenvalue weighted by atomic mass is 35.5. The van der Waals surface area contributed by atoms with Crippen molar-refractivity contribution < 1.29 is 18.0 Å². The van der Waals surface area contributed by atoms with Gasteiger partial charge in [0.1, 0.15) is 12.6 Å². The molecule has 39 heavy (non-hydrogen) atoms. The number of rotatable bonds is 11. The molecule has 1 unspecified atom stereocenters. The van der Waals surface area contributed by atoms with Crippen molar-refractivity contribution in [3.05, 3.63) is 93.5 Å². The van der Waals surface area contributed by atoms with Gasteiger partial charge in [-0.05, 0) is 74.7 Å². The van der Waals surface area contributed by atoms with Crippen LogP contribution in [0, 0.1) is 13.8 Å². The number of carbonyl (C=O) groups is 2. The molecule has 0 aliphatic heterocycles. The maximum atomic E-state index is 14.1. The minimum atomic E-state index is -4.14. The summed E-state index contributed by atoms with van der Waals surface area (Å²) in [4.78, 5) is 28.5. The molecule has 1 atom stereocenters. The van der Waals surface area contributed by atoms with E-state index < -0.39 is 28.5 Å². The highest BCUT2D eigenvalue weighted by Crippen LogP contribution is 2.29. The summed E-state index contributed by atoms with van der Waals surface area (Å²) < 4.78 is 28.9. The molecule has 0 saturated carbocycles. The third-order valence-corrected chi connectivity index (χ3v) is 8.73. The molecule has 10 heteroatoms. The Kier molecular flexibility index (Phi) is 10.4. The molecule has 208 valence electrons. The van der Waals surface area contributed by atoms with E-state index in [0.29, 0.717) is 34.3 Å². The lowest BCUT2D eigenvalue weighted by Crippen LogP contribution is -2.52. The van der Waals surface area contributed by atoms with E-state index in [1.807, 2.05) is 19.9 Å². The third-order valence-electron chi connectivity index (χ3n) is 6.23. The van der Waals surface area contributed by atoms with E-state index in [9.17, 15) is 18.0 Å². The zero-order valence-corrected chi connectivity index (χ0v) is 24.8. The largest absolute Gasteiger partial charge is 0.355 e. The number of benzene rings is 3. The number of sulfonamides is 1. The van der Waals surface area contributed by atoms with E-state index in [2.05, 4.69) is 5.32 Å². The minimum Gasteiger partial charge on any atom is -0.355 e. The molecule has 0 bridgehead atoms. The van der Waals surface area contributed by atoms with E-state index in [1.54, 1.807) is 62.4 Å². The maximum absolute atomic E-state index is 14.1. The standard InChI is InChI=1S/C29H33Cl2N3O4S/c1-5-27(29(36)32-6-2)33(18-24-25(30)13-10-14-26(24)31)28(35)19-34(22-16-20(3)15-21(4)17-22)39(37,38)23-11-8-7-9-12-23/h7-17,27H,5-6,18-19H2,1-4H3,(H,32,36). The van der Waals surface area contributed by atoms with Gasteiger partial charge < -0.3 is 10.2 Å². The number of hydrogen-bond acceptors (Lipinski definition) is 4. The molecule has 1 N–H and O–H groups in total. The molecule has 2 amide bonds. The van der Waals surface area contributed by atoms with E-state index in [0.717, 1.165) is 15.4 Å². The lowest BCUT2D eigenvalue weighted by molar-refractivity contribution is -0.140. The summed E-state index contributed by atoms with van der Waals surface area (Å²) in [6.45, 7) is 7.07. The van der Waals surface area contributed by atoms with Gasteiger partial charge in [0.15, 0.2) is 0 Å². The van der Waals surface area contributed by atoms with Gasteiger partial charge in [0, 0.05) is 28.7 Å². The predicted molar refractivity (Wildman–Crippen MR) is 157 cm³/mol. The van der Waals surface area contributed by atoms with Crippen LogP contribution in [0.2, 0.25) is 10.0 Å². The molecule has 0 heterocycles. The molecular weight excluding hydrogens is 557 g/mol. The number of carbonyl (C=O) groups excluding carboxylic acids is 2. The lowest BCUT2D eigenvalue weighted by Gasteiger charge is -2.33. The average Bonchev–Trinajstić information content (AvgIpc) is 2.88. The van der Waals surface area contributed by atoms with Gasteiger partial charge >= 0.3 is 0 Å². The zero-order valence-electron chi connectivity index (χ0n) is 22.4. The Morgan fingerprint density at radius 3 is 2.03 bits per heavy atom. The average molecular weight is 591 g/mol. The van der Waals surface area contributed by atoms with Gasteiger partial charge in [-0.15, -0.1) is 0 Å². The van der Waals surface area contributed by atoms with Crippen molar-refractivity contribution in [3.63, 3.8) is 0 Å². The van der Waals surface area contributed by atoms with Crippen molar-refractivity contribution in [1.82, 2.24) is 10.2 Å². The van der Waals surface area contributed by atoms with Gasteiger partial charge in [-0.3, -0.25) is 13.9 Å². The zero-order chi connectivity index (χ0) is 28.7. The van der Waals surface area contributed by atoms with Gasteiger partial charge in [0.2, 0.25) is 11.8 Å². The second-order valence-corrected chi connectivity index (χ2v) is 11.9. The highest BCUT2D eigenvalue weighted by molar-refractivity contribution is 7.92. The summed E-state index contributed by atoms with van der Waals surface area (Å²) in [7, 11) is -4.14. The molecule has 0 spiro atoms. The molecule has 3 aromatic carbocycles. The van der Waals surface area contributed by atoms with Crippen LogP contribution in [0.1, 0.15) is 37.0 Å². The molecule has 0 aliphatic rings. The normalized spacial score (nSPS) is 12.1. The Morgan fingerprint density at radius 2 is 1.49 bits per heavy atom. The molecule has 0 fully saturated rings. The predicted octanol–water partition coefficient (Wildman–Crippen LogP) is 5.75. The monoisotopic (exact) mass is 589 g/mol. The van der Waals surface area contributed by atoms with E-state index in [-0.39, 0.29) is 17.3 Å². The van der Waals surface area contributed by atoms with Crippen LogP contribution in [-0.2, 0) is 26.2 Å². The van der Waals surface area contributed by atoms with Crippen molar-refractivity contribution in [3.8, 4) is 0 Å². The van der Waals surface area contributed by atoms with Gasteiger partial charge in [-0.1, -0.05) is 60.5 Å².